The number of hydrogen-bond acceptors (Lipinski definition) is 6. The van der Waals surface area contributed by atoms with Crippen LogP contribution in [0.15, 0.2) is 83.1 Å². The average molecular weight is 488 g/mol. The minimum Gasteiger partial charge on any atom is -0.490 e. The van der Waals surface area contributed by atoms with E-state index in [4.69, 9.17) is 9.47 Å². The minimum absolute atomic E-state index is 0.134. The van der Waals surface area contributed by atoms with Gasteiger partial charge in [-0.15, -0.1) is 21.5 Å². The van der Waals surface area contributed by atoms with E-state index in [1.54, 1.807) is 31.5 Å². The third kappa shape index (κ3) is 4.71. The zero-order valence-electron chi connectivity index (χ0n) is 19.0. The van der Waals surface area contributed by atoms with Gasteiger partial charge in [0.15, 0.2) is 0 Å². The van der Waals surface area contributed by atoms with Crippen molar-refractivity contribution in [3.8, 4) is 28.3 Å². The summed E-state index contributed by atoms with van der Waals surface area (Å²) in [5, 5.41) is 11.7. The molecule has 176 valence electrons. The SMILES string of the molecule is COCCOc1ccccc1-c1nnc(-c2ccc(Cn3ccccc3=O)cc2F)c2ccsc12. The molecule has 2 aromatic carbocycles. The smallest absolute Gasteiger partial charge is 0.250 e. The molecule has 0 bridgehead atoms. The van der Waals surface area contributed by atoms with Crippen molar-refractivity contribution in [2.75, 3.05) is 20.3 Å². The Bertz CT molecular complexity index is 1550. The predicted octanol–water partition coefficient (Wildman–Crippen LogP) is 5.40. The normalized spacial score (nSPS) is 11.1. The first-order valence-electron chi connectivity index (χ1n) is 11.0. The molecule has 6 nitrogen and oxygen atoms in total. The van der Waals surface area contributed by atoms with Crippen LogP contribution < -0.4 is 10.3 Å². The van der Waals surface area contributed by atoms with E-state index in [9.17, 15) is 4.79 Å². The van der Waals surface area contributed by atoms with E-state index in [1.807, 2.05) is 41.8 Å². The van der Waals surface area contributed by atoms with E-state index in [0.29, 0.717) is 41.5 Å². The highest BCUT2D eigenvalue weighted by Crippen LogP contribution is 2.39. The van der Waals surface area contributed by atoms with Gasteiger partial charge in [-0.05, 0) is 47.3 Å². The maximum absolute atomic E-state index is 15.3. The highest BCUT2D eigenvalue weighted by Gasteiger charge is 2.19. The van der Waals surface area contributed by atoms with E-state index in [2.05, 4.69) is 10.2 Å². The summed E-state index contributed by atoms with van der Waals surface area (Å²) in [4.78, 5) is 12.0. The number of pyridine rings is 1. The third-order valence-corrected chi connectivity index (χ3v) is 6.53. The summed E-state index contributed by atoms with van der Waals surface area (Å²) in [5.74, 6) is 0.275. The van der Waals surface area contributed by atoms with Crippen LogP contribution in [-0.2, 0) is 11.3 Å². The van der Waals surface area contributed by atoms with Gasteiger partial charge in [0, 0.05) is 35.9 Å². The van der Waals surface area contributed by atoms with Crippen LogP contribution in [0, 0.1) is 5.82 Å². The number of nitrogens with zero attached hydrogens (tertiary/aromatic N) is 3. The van der Waals surface area contributed by atoms with Gasteiger partial charge in [-0.1, -0.05) is 24.3 Å². The Morgan fingerprint density at radius 1 is 0.943 bits per heavy atom. The highest BCUT2D eigenvalue weighted by molar-refractivity contribution is 7.17. The van der Waals surface area contributed by atoms with Crippen molar-refractivity contribution in [3.63, 3.8) is 0 Å². The van der Waals surface area contributed by atoms with Crippen LogP contribution in [0.4, 0.5) is 4.39 Å². The fourth-order valence-corrected chi connectivity index (χ4v) is 4.81. The first kappa shape index (κ1) is 22.9. The lowest BCUT2D eigenvalue weighted by Gasteiger charge is -2.12. The molecule has 8 heteroatoms. The summed E-state index contributed by atoms with van der Waals surface area (Å²) in [6.07, 6.45) is 1.68. The van der Waals surface area contributed by atoms with Crippen LogP contribution in [0.1, 0.15) is 5.56 Å². The van der Waals surface area contributed by atoms with Gasteiger partial charge in [-0.2, -0.15) is 0 Å². The van der Waals surface area contributed by atoms with Crippen molar-refractivity contribution in [3.05, 3.63) is 100 Å². The van der Waals surface area contributed by atoms with Crippen molar-refractivity contribution >= 4 is 21.4 Å². The first-order valence-corrected chi connectivity index (χ1v) is 11.9. The summed E-state index contributed by atoms with van der Waals surface area (Å²) >= 11 is 1.52. The number of halogens is 1. The lowest BCUT2D eigenvalue weighted by molar-refractivity contribution is 0.146. The largest absolute Gasteiger partial charge is 0.490 e. The molecule has 0 N–H and O–H groups in total. The van der Waals surface area contributed by atoms with Crippen LogP contribution in [-0.4, -0.2) is 35.1 Å². The van der Waals surface area contributed by atoms with Crippen LogP contribution in [0.3, 0.4) is 0 Å². The molecule has 0 aliphatic carbocycles. The number of ether oxygens (including phenoxy) is 2. The van der Waals surface area contributed by atoms with Crippen molar-refractivity contribution in [2.24, 2.45) is 0 Å². The zero-order chi connectivity index (χ0) is 24.2. The summed E-state index contributed by atoms with van der Waals surface area (Å²) in [6.45, 7) is 1.18. The molecule has 3 aromatic heterocycles. The van der Waals surface area contributed by atoms with Crippen LogP contribution in [0.5, 0.6) is 5.75 Å². The molecule has 0 saturated carbocycles. The van der Waals surface area contributed by atoms with Crippen molar-refractivity contribution in [1.82, 2.24) is 14.8 Å². The second-order valence-corrected chi connectivity index (χ2v) is 8.80. The molecule has 0 amide bonds. The first-order chi connectivity index (χ1) is 17.2. The molecule has 0 aliphatic heterocycles. The summed E-state index contributed by atoms with van der Waals surface area (Å²) in [7, 11) is 1.63. The van der Waals surface area contributed by atoms with Gasteiger partial charge in [0.05, 0.1) is 17.9 Å². The number of thiophene rings is 1. The van der Waals surface area contributed by atoms with E-state index in [1.165, 1.54) is 28.0 Å². The number of benzene rings is 2. The van der Waals surface area contributed by atoms with E-state index < -0.39 is 5.82 Å². The molecule has 0 atom stereocenters. The maximum Gasteiger partial charge on any atom is 0.250 e. The zero-order valence-corrected chi connectivity index (χ0v) is 19.8. The standard InChI is InChI=1S/C27H22FN3O3S/c1-33-13-14-34-23-7-3-2-6-20(23)26-27-21(11-15-35-27)25(29-30-26)19-10-9-18(16-22(19)28)17-31-12-5-4-8-24(31)32/h2-12,15-16H,13-14,17H2,1H3. The Morgan fingerprint density at radius 2 is 1.77 bits per heavy atom. The number of methoxy groups -OCH3 is 1. The van der Waals surface area contributed by atoms with Crippen molar-refractivity contribution < 1.29 is 13.9 Å². The number of aromatic nitrogens is 3. The Hall–Kier alpha value is -3.88. The van der Waals surface area contributed by atoms with E-state index in [-0.39, 0.29) is 12.1 Å². The van der Waals surface area contributed by atoms with Crippen LogP contribution >= 0.6 is 11.3 Å². The molecule has 0 spiro atoms. The molecule has 0 aliphatic rings. The summed E-state index contributed by atoms with van der Waals surface area (Å²) < 4.78 is 28.7. The van der Waals surface area contributed by atoms with Gasteiger partial charge < -0.3 is 14.0 Å². The van der Waals surface area contributed by atoms with Gasteiger partial charge in [-0.3, -0.25) is 4.79 Å². The Kier molecular flexibility index (Phi) is 6.65. The van der Waals surface area contributed by atoms with Gasteiger partial charge in [0.25, 0.3) is 5.56 Å². The summed E-state index contributed by atoms with van der Waals surface area (Å²) in [6, 6.07) is 19.5. The molecule has 0 unspecified atom stereocenters. The lowest BCUT2D eigenvalue weighted by atomic mass is 10.0. The molecule has 5 rings (SSSR count). The molecule has 0 fully saturated rings. The second kappa shape index (κ2) is 10.2. The number of para-hydroxylation sites is 1. The van der Waals surface area contributed by atoms with Crippen molar-refractivity contribution in [1.29, 1.82) is 0 Å². The molecule has 5 aromatic rings. The second-order valence-electron chi connectivity index (χ2n) is 7.88. The van der Waals surface area contributed by atoms with Crippen LogP contribution in [0.2, 0.25) is 0 Å². The molecular formula is C27H22FN3O3S. The number of hydrogen-bond donors (Lipinski definition) is 0. The predicted molar refractivity (Wildman–Crippen MR) is 135 cm³/mol. The average Bonchev–Trinajstić information content (AvgIpc) is 3.36. The molecule has 0 radical (unpaired) electrons. The topological polar surface area (TPSA) is 66.2 Å². The third-order valence-electron chi connectivity index (χ3n) is 5.61. The Balaban J connectivity index is 1.51. The highest BCUT2D eigenvalue weighted by atomic mass is 32.1. The quantitative estimate of drug-likeness (QED) is 0.274. The Morgan fingerprint density at radius 3 is 2.60 bits per heavy atom. The monoisotopic (exact) mass is 487 g/mol. The fourth-order valence-electron chi connectivity index (χ4n) is 3.91. The van der Waals surface area contributed by atoms with Crippen LogP contribution in [0.25, 0.3) is 32.6 Å². The van der Waals surface area contributed by atoms with Gasteiger partial charge in [0.2, 0.25) is 0 Å². The summed E-state index contributed by atoms with van der Waals surface area (Å²) in [5.41, 5.74) is 2.90. The molecule has 3 heterocycles. The van der Waals surface area contributed by atoms with E-state index >= 15 is 4.39 Å². The van der Waals surface area contributed by atoms with Crippen molar-refractivity contribution in [2.45, 2.75) is 6.54 Å². The fraction of sp³-hybridized carbons (Fsp3) is 0.148. The lowest BCUT2D eigenvalue weighted by Crippen LogP contribution is -2.18. The number of rotatable bonds is 8. The van der Waals surface area contributed by atoms with Gasteiger partial charge in [0.1, 0.15) is 29.6 Å². The molecule has 35 heavy (non-hydrogen) atoms. The number of fused-ring (bicyclic) bond motifs is 1. The van der Waals surface area contributed by atoms with Gasteiger partial charge in [-0.25, -0.2) is 4.39 Å². The minimum atomic E-state index is -0.413. The maximum atomic E-state index is 15.3. The molecule has 0 saturated heterocycles. The van der Waals surface area contributed by atoms with E-state index in [0.717, 1.165) is 15.6 Å². The molecular weight excluding hydrogens is 465 g/mol. The Labute approximate surface area is 205 Å². The van der Waals surface area contributed by atoms with Gasteiger partial charge >= 0.3 is 0 Å².